The van der Waals surface area contributed by atoms with Gasteiger partial charge in [-0.1, -0.05) is 6.08 Å². The molecule has 2 N–H and O–H groups in total. The lowest BCUT2D eigenvalue weighted by Crippen LogP contribution is -2.20. The molecule has 0 aromatic carbocycles. The Morgan fingerprint density at radius 2 is 2.46 bits per heavy atom. The topological polar surface area (TPSA) is 43.8 Å². The van der Waals surface area contributed by atoms with Gasteiger partial charge in [0.15, 0.2) is 0 Å². The van der Waals surface area contributed by atoms with Crippen LogP contribution in [0.1, 0.15) is 25.0 Å². The summed E-state index contributed by atoms with van der Waals surface area (Å²) < 4.78 is 2.05. The van der Waals surface area contributed by atoms with Crippen LogP contribution >= 0.6 is 0 Å². The van der Waals surface area contributed by atoms with Crippen molar-refractivity contribution in [3.05, 3.63) is 24.3 Å². The lowest BCUT2D eigenvalue weighted by molar-refractivity contribution is 0.651. The summed E-state index contributed by atoms with van der Waals surface area (Å²) >= 11 is 0. The third kappa shape index (κ3) is 1.65. The minimum absolute atomic E-state index is 0.235. The molecule has 1 aliphatic rings. The first-order valence-electron chi connectivity index (χ1n) is 4.70. The van der Waals surface area contributed by atoms with E-state index in [-0.39, 0.29) is 6.04 Å². The monoisotopic (exact) mass is 177 g/mol. The fourth-order valence-electron chi connectivity index (χ4n) is 1.83. The Labute approximate surface area is 78.3 Å². The van der Waals surface area contributed by atoms with Crippen LogP contribution in [0.3, 0.4) is 0 Å². The highest BCUT2D eigenvalue weighted by atomic mass is 15.0. The summed E-state index contributed by atoms with van der Waals surface area (Å²) in [6.45, 7) is 0. The number of hydrogen-bond donors (Lipinski definition) is 1. The van der Waals surface area contributed by atoms with Gasteiger partial charge in [0.2, 0.25) is 0 Å². The van der Waals surface area contributed by atoms with Gasteiger partial charge in [-0.2, -0.15) is 0 Å². The standard InChI is InChI=1S/C10H15N3/c1-13-7-12-6-10(13)8-3-2-4-9(11)5-8/h5-7,9H,2-4,11H2,1H3. The number of nitrogens with zero attached hydrogens (tertiary/aromatic N) is 2. The number of allylic oxidation sites excluding steroid dienone is 1. The zero-order valence-corrected chi connectivity index (χ0v) is 7.90. The van der Waals surface area contributed by atoms with Crippen LogP contribution in [0.15, 0.2) is 18.6 Å². The summed E-state index contributed by atoms with van der Waals surface area (Å²) in [5.41, 5.74) is 8.43. The molecule has 1 aromatic heterocycles. The number of aromatic nitrogens is 2. The van der Waals surface area contributed by atoms with Gasteiger partial charge in [-0.25, -0.2) is 4.98 Å². The summed E-state index contributed by atoms with van der Waals surface area (Å²) in [6.07, 6.45) is 9.34. The molecule has 0 saturated heterocycles. The van der Waals surface area contributed by atoms with E-state index in [1.54, 1.807) is 0 Å². The summed E-state index contributed by atoms with van der Waals surface area (Å²) in [6, 6.07) is 0.235. The lowest BCUT2D eigenvalue weighted by Gasteiger charge is -2.17. The van der Waals surface area contributed by atoms with Crippen LogP contribution in [-0.4, -0.2) is 15.6 Å². The SMILES string of the molecule is Cn1cncc1C1=CC(N)CCC1. The Morgan fingerprint density at radius 1 is 1.62 bits per heavy atom. The molecule has 1 unspecified atom stereocenters. The molecule has 0 bridgehead atoms. The normalized spacial score (nSPS) is 22.9. The van der Waals surface area contributed by atoms with E-state index in [1.807, 2.05) is 24.1 Å². The van der Waals surface area contributed by atoms with Crippen LogP contribution in [0.4, 0.5) is 0 Å². The van der Waals surface area contributed by atoms with Crippen LogP contribution in [0.25, 0.3) is 5.57 Å². The fourth-order valence-corrected chi connectivity index (χ4v) is 1.83. The number of aryl methyl sites for hydroxylation is 1. The smallest absolute Gasteiger partial charge is 0.0948 e. The molecular weight excluding hydrogens is 162 g/mol. The van der Waals surface area contributed by atoms with E-state index < -0.39 is 0 Å². The van der Waals surface area contributed by atoms with Gasteiger partial charge in [-0.05, 0) is 24.8 Å². The molecule has 1 aromatic rings. The highest BCUT2D eigenvalue weighted by molar-refractivity contribution is 5.63. The predicted molar refractivity (Wildman–Crippen MR) is 53.0 cm³/mol. The van der Waals surface area contributed by atoms with Crippen LogP contribution in [0.5, 0.6) is 0 Å². The Hall–Kier alpha value is -1.09. The van der Waals surface area contributed by atoms with Crippen LogP contribution in [0, 0.1) is 0 Å². The van der Waals surface area contributed by atoms with E-state index >= 15 is 0 Å². The van der Waals surface area contributed by atoms with Crippen molar-refractivity contribution in [2.75, 3.05) is 0 Å². The van der Waals surface area contributed by atoms with Crippen LogP contribution in [0.2, 0.25) is 0 Å². The molecule has 1 aliphatic carbocycles. The van der Waals surface area contributed by atoms with Crippen molar-refractivity contribution < 1.29 is 0 Å². The third-order valence-electron chi connectivity index (χ3n) is 2.54. The van der Waals surface area contributed by atoms with Crippen molar-refractivity contribution in [3.8, 4) is 0 Å². The van der Waals surface area contributed by atoms with Crippen molar-refractivity contribution in [2.24, 2.45) is 12.8 Å². The zero-order chi connectivity index (χ0) is 9.26. The van der Waals surface area contributed by atoms with Gasteiger partial charge in [0, 0.05) is 13.1 Å². The van der Waals surface area contributed by atoms with Gasteiger partial charge >= 0.3 is 0 Å². The largest absolute Gasteiger partial charge is 0.334 e. The maximum Gasteiger partial charge on any atom is 0.0948 e. The highest BCUT2D eigenvalue weighted by Crippen LogP contribution is 2.25. The summed E-state index contributed by atoms with van der Waals surface area (Å²) in [5, 5.41) is 0. The summed E-state index contributed by atoms with van der Waals surface area (Å²) in [4.78, 5) is 4.10. The molecule has 70 valence electrons. The van der Waals surface area contributed by atoms with E-state index in [9.17, 15) is 0 Å². The van der Waals surface area contributed by atoms with E-state index in [0.717, 1.165) is 12.8 Å². The maximum atomic E-state index is 5.88. The van der Waals surface area contributed by atoms with Gasteiger partial charge in [0.25, 0.3) is 0 Å². The average Bonchev–Trinajstić information content (AvgIpc) is 2.51. The lowest BCUT2D eigenvalue weighted by atomic mass is 9.94. The average molecular weight is 177 g/mol. The van der Waals surface area contributed by atoms with E-state index in [4.69, 9.17) is 5.73 Å². The molecular formula is C10H15N3. The fraction of sp³-hybridized carbons (Fsp3) is 0.500. The van der Waals surface area contributed by atoms with Crippen molar-refractivity contribution in [2.45, 2.75) is 25.3 Å². The molecule has 1 atom stereocenters. The van der Waals surface area contributed by atoms with Gasteiger partial charge in [-0.3, -0.25) is 0 Å². The highest BCUT2D eigenvalue weighted by Gasteiger charge is 2.13. The molecule has 3 nitrogen and oxygen atoms in total. The Morgan fingerprint density at radius 3 is 3.08 bits per heavy atom. The van der Waals surface area contributed by atoms with Gasteiger partial charge < -0.3 is 10.3 Å². The van der Waals surface area contributed by atoms with Crippen LogP contribution < -0.4 is 5.73 Å². The van der Waals surface area contributed by atoms with Crippen molar-refractivity contribution in [1.82, 2.24) is 9.55 Å². The number of imidazole rings is 1. The second kappa shape index (κ2) is 3.34. The Kier molecular flexibility index (Phi) is 2.19. The van der Waals surface area contributed by atoms with Gasteiger partial charge in [0.05, 0.1) is 18.2 Å². The minimum Gasteiger partial charge on any atom is -0.334 e. The Balaban J connectivity index is 2.30. The number of rotatable bonds is 1. The summed E-state index contributed by atoms with van der Waals surface area (Å²) in [7, 11) is 2.02. The zero-order valence-electron chi connectivity index (χ0n) is 7.90. The molecule has 0 radical (unpaired) electrons. The van der Waals surface area contributed by atoms with Gasteiger partial charge in [-0.15, -0.1) is 0 Å². The molecule has 2 rings (SSSR count). The molecule has 0 spiro atoms. The van der Waals surface area contributed by atoms with E-state index in [2.05, 4.69) is 11.1 Å². The van der Waals surface area contributed by atoms with Crippen LogP contribution in [-0.2, 0) is 7.05 Å². The quantitative estimate of drug-likeness (QED) is 0.703. The molecule has 0 amide bonds. The molecule has 0 aliphatic heterocycles. The van der Waals surface area contributed by atoms with Crippen molar-refractivity contribution in [1.29, 1.82) is 0 Å². The second-order valence-electron chi connectivity index (χ2n) is 3.64. The molecule has 3 heteroatoms. The molecule has 1 heterocycles. The predicted octanol–water partition coefficient (Wildman–Crippen LogP) is 1.31. The van der Waals surface area contributed by atoms with Crippen molar-refractivity contribution in [3.63, 3.8) is 0 Å². The minimum atomic E-state index is 0.235. The van der Waals surface area contributed by atoms with E-state index in [1.165, 1.54) is 17.7 Å². The van der Waals surface area contributed by atoms with Gasteiger partial charge in [0.1, 0.15) is 0 Å². The first-order valence-corrected chi connectivity index (χ1v) is 4.70. The summed E-state index contributed by atoms with van der Waals surface area (Å²) in [5.74, 6) is 0. The number of nitrogens with two attached hydrogens (primary N) is 1. The third-order valence-corrected chi connectivity index (χ3v) is 2.54. The first-order chi connectivity index (χ1) is 6.27. The van der Waals surface area contributed by atoms with Crippen molar-refractivity contribution >= 4 is 5.57 Å². The van der Waals surface area contributed by atoms with E-state index in [0.29, 0.717) is 0 Å². The Bertz CT molecular complexity index is 325. The molecule has 13 heavy (non-hydrogen) atoms. The number of hydrogen-bond acceptors (Lipinski definition) is 2. The first kappa shape index (κ1) is 8.51. The molecule has 0 saturated carbocycles. The maximum absolute atomic E-state index is 5.88. The second-order valence-corrected chi connectivity index (χ2v) is 3.64. The molecule has 0 fully saturated rings.